The molecule has 2 fully saturated rings. The molecule has 0 saturated carbocycles. The van der Waals surface area contributed by atoms with E-state index in [2.05, 4.69) is 0 Å². The molecule has 3 rings (SSSR count). The predicted octanol–water partition coefficient (Wildman–Crippen LogP) is 1.86. The molecule has 0 radical (unpaired) electrons. The van der Waals surface area contributed by atoms with Gasteiger partial charge >= 0.3 is 0 Å². The SMILES string of the molecule is CC1C(=O)N2CCCCC2C(=O)N1c1ccsc1. The van der Waals surface area contributed by atoms with Crippen molar-refractivity contribution >= 4 is 28.8 Å². The van der Waals surface area contributed by atoms with E-state index >= 15 is 0 Å². The standard InChI is InChI=1S/C13H16N2O2S/c1-9-12(16)14-6-3-2-4-11(14)13(17)15(9)10-5-7-18-8-10/h5,7-9,11H,2-4,6H2,1H3. The summed E-state index contributed by atoms with van der Waals surface area (Å²) in [6.45, 7) is 2.56. The Morgan fingerprint density at radius 1 is 1.28 bits per heavy atom. The average Bonchev–Trinajstić information content (AvgIpc) is 2.90. The fourth-order valence-corrected chi connectivity index (χ4v) is 3.53. The maximum absolute atomic E-state index is 12.6. The van der Waals surface area contributed by atoms with Crippen LogP contribution >= 0.6 is 11.3 Å². The molecule has 2 saturated heterocycles. The third-order valence-electron chi connectivity index (χ3n) is 3.84. The molecule has 2 unspecified atom stereocenters. The van der Waals surface area contributed by atoms with Crippen LogP contribution in [0.4, 0.5) is 5.69 Å². The van der Waals surface area contributed by atoms with E-state index < -0.39 is 0 Å². The first-order chi connectivity index (χ1) is 8.70. The first-order valence-corrected chi connectivity index (χ1v) is 7.30. The molecule has 0 aromatic carbocycles. The van der Waals surface area contributed by atoms with Gasteiger partial charge in [0.1, 0.15) is 12.1 Å². The first-order valence-electron chi connectivity index (χ1n) is 6.36. The van der Waals surface area contributed by atoms with E-state index in [9.17, 15) is 9.59 Å². The molecule has 18 heavy (non-hydrogen) atoms. The number of hydrogen-bond donors (Lipinski definition) is 0. The van der Waals surface area contributed by atoms with Gasteiger partial charge in [-0.05, 0) is 37.6 Å². The van der Waals surface area contributed by atoms with E-state index in [4.69, 9.17) is 0 Å². The summed E-state index contributed by atoms with van der Waals surface area (Å²) in [4.78, 5) is 28.3. The molecule has 2 atom stereocenters. The topological polar surface area (TPSA) is 40.6 Å². The van der Waals surface area contributed by atoms with E-state index in [0.29, 0.717) is 0 Å². The summed E-state index contributed by atoms with van der Waals surface area (Å²) in [6, 6.07) is 1.30. The van der Waals surface area contributed by atoms with Crippen molar-refractivity contribution in [2.45, 2.75) is 38.3 Å². The van der Waals surface area contributed by atoms with Gasteiger partial charge in [0, 0.05) is 11.9 Å². The van der Waals surface area contributed by atoms with Crippen molar-refractivity contribution in [3.63, 3.8) is 0 Å². The fraction of sp³-hybridized carbons (Fsp3) is 0.538. The molecule has 0 spiro atoms. The lowest BCUT2D eigenvalue weighted by Crippen LogP contribution is -2.65. The van der Waals surface area contributed by atoms with Gasteiger partial charge in [-0.15, -0.1) is 0 Å². The van der Waals surface area contributed by atoms with Gasteiger partial charge in [-0.3, -0.25) is 14.5 Å². The van der Waals surface area contributed by atoms with E-state index in [0.717, 1.165) is 31.5 Å². The van der Waals surface area contributed by atoms with Crippen LogP contribution in [0.15, 0.2) is 16.8 Å². The molecule has 96 valence electrons. The van der Waals surface area contributed by atoms with Crippen molar-refractivity contribution < 1.29 is 9.59 Å². The lowest BCUT2D eigenvalue weighted by Gasteiger charge is -2.45. The summed E-state index contributed by atoms with van der Waals surface area (Å²) in [5.41, 5.74) is 0.857. The van der Waals surface area contributed by atoms with Gasteiger partial charge in [-0.1, -0.05) is 0 Å². The number of carbonyl (C=O) groups excluding carboxylic acids is 2. The van der Waals surface area contributed by atoms with Gasteiger partial charge < -0.3 is 4.90 Å². The fourth-order valence-electron chi connectivity index (χ4n) is 2.90. The largest absolute Gasteiger partial charge is 0.329 e. The molecule has 4 nitrogen and oxygen atoms in total. The highest BCUT2D eigenvalue weighted by atomic mass is 32.1. The lowest BCUT2D eigenvalue weighted by atomic mass is 9.95. The number of amides is 2. The Morgan fingerprint density at radius 3 is 2.83 bits per heavy atom. The predicted molar refractivity (Wildman–Crippen MR) is 70.6 cm³/mol. The highest BCUT2D eigenvalue weighted by Crippen LogP contribution is 2.30. The zero-order chi connectivity index (χ0) is 12.7. The van der Waals surface area contributed by atoms with Crippen molar-refractivity contribution in [1.29, 1.82) is 0 Å². The molecule has 3 heterocycles. The number of fused-ring (bicyclic) bond motifs is 1. The highest BCUT2D eigenvalue weighted by Gasteiger charge is 2.45. The molecule has 2 aliphatic rings. The minimum atomic E-state index is -0.374. The van der Waals surface area contributed by atoms with Gasteiger partial charge in [0.25, 0.3) is 5.91 Å². The normalized spacial score (nSPS) is 28.5. The summed E-state index contributed by atoms with van der Waals surface area (Å²) in [6.07, 6.45) is 2.85. The second-order valence-corrected chi connectivity index (χ2v) is 5.69. The van der Waals surface area contributed by atoms with Crippen LogP contribution in [0.2, 0.25) is 0 Å². The van der Waals surface area contributed by atoms with Gasteiger partial charge in [-0.2, -0.15) is 11.3 Å². The number of thiophene rings is 1. The number of carbonyl (C=O) groups is 2. The van der Waals surface area contributed by atoms with Gasteiger partial charge in [-0.25, -0.2) is 0 Å². The van der Waals surface area contributed by atoms with Crippen LogP contribution in [0.5, 0.6) is 0 Å². The van der Waals surface area contributed by atoms with Crippen LogP contribution in [0.1, 0.15) is 26.2 Å². The van der Waals surface area contributed by atoms with E-state index in [1.54, 1.807) is 21.1 Å². The van der Waals surface area contributed by atoms with Crippen LogP contribution in [-0.4, -0.2) is 35.3 Å². The Kier molecular flexibility index (Phi) is 2.86. The molecule has 0 aliphatic carbocycles. The summed E-state index contributed by atoms with van der Waals surface area (Å²) in [5.74, 6) is 0.172. The molecule has 1 aromatic heterocycles. The number of hydrogen-bond acceptors (Lipinski definition) is 3. The summed E-state index contributed by atoms with van der Waals surface area (Å²) < 4.78 is 0. The Balaban J connectivity index is 1.96. The van der Waals surface area contributed by atoms with Gasteiger partial charge in [0.05, 0.1) is 5.69 Å². The minimum absolute atomic E-state index is 0.0835. The van der Waals surface area contributed by atoms with Crippen molar-refractivity contribution in [2.24, 2.45) is 0 Å². The van der Waals surface area contributed by atoms with Crippen molar-refractivity contribution in [3.05, 3.63) is 16.8 Å². The zero-order valence-corrected chi connectivity index (χ0v) is 11.2. The second-order valence-electron chi connectivity index (χ2n) is 4.91. The third kappa shape index (κ3) is 1.65. The molecular formula is C13H16N2O2S. The number of rotatable bonds is 1. The summed E-state index contributed by atoms with van der Waals surface area (Å²) in [5, 5.41) is 3.87. The number of piperazine rings is 1. The maximum atomic E-state index is 12.6. The Labute approximate surface area is 110 Å². The van der Waals surface area contributed by atoms with Crippen molar-refractivity contribution in [1.82, 2.24) is 4.90 Å². The van der Waals surface area contributed by atoms with Crippen molar-refractivity contribution in [3.8, 4) is 0 Å². The number of anilines is 1. The number of piperidine rings is 1. The van der Waals surface area contributed by atoms with Crippen LogP contribution in [0.3, 0.4) is 0 Å². The van der Waals surface area contributed by atoms with Gasteiger partial charge in [0.15, 0.2) is 0 Å². The van der Waals surface area contributed by atoms with E-state index in [1.165, 1.54) is 0 Å². The van der Waals surface area contributed by atoms with Crippen LogP contribution in [-0.2, 0) is 9.59 Å². The Hall–Kier alpha value is -1.36. The van der Waals surface area contributed by atoms with Crippen LogP contribution < -0.4 is 4.90 Å². The number of nitrogens with zero attached hydrogens (tertiary/aromatic N) is 2. The smallest absolute Gasteiger partial charge is 0.250 e. The van der Waals surface area contributed by atoms with Crippen LogP contribution in [0.25, 0.3) is 0 Å². The summed E-state index contributed by atoms with van der Waals surface area (Å²) >= 11 is 1.55. The quantitative estimate of drug-likeness (QED) is 0.777. The highest BCUT2D eigenvalue weighted by molar-refractivity contribution is 7.08. The molecule has 0 bridgehead atoms. The first kappa shape index (κ1) is 11.7. The molecule has 5 heteroatoms. The van der Waals surface area contributed by atoms with E-state index in [1.807, 2.05) is 23.8 Å². The second kappa shape index (κ2) is 4.39. The minimum Gasteiger partial charge on any atom is -0.329 e. The maximum Gasteiger partial charge on any atom is 0.250 e. The molecule has 1 aromatic rings. The zero-order valence-electron chi connectivity index (χ0n) is 10.3. The lowest BCUT2D eigenvalue weighted by molar-refractivity contribution is -0.147. The third-order valence-corrected chi connectivity index (χ3v) is 4.51. The molecule has 2 amide bonds. The molecule has 2 aliphatic heterocycles. The Morgan fingerprint density at radius 2 is 2.11 bits per heavy atom. The molecular weight excluding hydrogens is 248 g/mol. The summed E-state index contributed by atoms with van der Waals surface area (Å²) in [7, 11) is 0. The Bertz CT molecular complexity index is 471. The average molecular weight is 264 g/mol. The van der Waals surface area contributed by atoms with Crippen LogP contribution in [0, 0.1) is 0 Å². The monoisotopic (exact) mass is 264 g/mol. The van der Waals surface area contributed by atoms with Crippen molar-refractivity contribution in [2.75, 3.05) is 11.4 Å². The van der Waals surface area contributed by atoms with E-state index in [-0.39, 0.29) is 23.9 Å². The van der Waals surface area contributed by atoms with Gasteiger partial charge in [0.2, 0.25) is 5.91 Å². The molecule has 0 N–H and O–H groups in total.